The first-order valence-electron chi connectivity index (χ1n) is 9.07. The lowest BCUT2D eigenvalue weighted by atomic mass is 10.0. The Morgan fingerprint density at radius 1 is 0.964 bits per heavy atom. The van der Waals surface area contributed by atoms with Crippen molar-refractivity contribution in [1.29, 1.82) is 0 Å². The van der Waals surface area contributed by atoms with Gasteiger partial charge in [-0.15, -0.1) is 0 Å². The van der Waals surface area contributed by atoms with Gasteiger partial charge in [-0.05, 0) is 48.9 Å². The van der Waals surface area contributed by atoms with E-state index in [0.29, 0.717) is 11.1 Å². The average Bonchev–Trinajstić information content (AvgIpc) is 3.05. The van der Waals surface area contributed by atoms with E-state index in [0.717, 1.165) is 16.0 Å². The third-order valence-electron chi connectivity index (χ3n) is 4.59. The monoisotopic (exact) mass is 389 g/mol. The maximum Gasteiger partial charge on any atom is 0.269 e. The van der Waals surface area contributed by atoms with Gasteiger partial charge in [0.2, 0.25) is 0 Å². The minimum Gasteiger partial charge on any atom is -0.457 e. The largest absolute Gasteiger partial charge is 0.457 e. The molecule has 4 aromatic rings. The maximum atomic E-state index is 12.8. The number of hydrogen-bond donors (Lipinski definition) is 0. The molecule has 0 aliphatic rings. The molecule has 0 spiro atoms. The molecule has 0 saturated heterocycles. The van der Waals surface area contributed by atoms with E-state index in [2.05, 4.69) is 0 Å². The first-order chi connectivity index (χ1) is 13.6. The molecule has 1 unspecified atom stereocenters. The number of ether oxygens (including phenoxy) is 1. The normalized spacial score (nSPS) is 12.0. The summed E-state index contributed by atoms with van der Waals surface area (Å²) in [6, 6.07) is 23.9. The molecular weight excluding hydrogens is 370 g/mol. The highest BCUT2D eigenvalue weighted by Crippen LogP contribution is 2.24. The average molecular weight is 389 g/mol. The second-order valence-corrected chi connectivity index (χ2v) is 7.62. The van der Waals surface area contributed by atoms with Gasteiger partial charge in [-0.2, -0.15) is 0 Å². The fourth-order valence-electron chi connectivity index (χ4n) is 3.07. The lowest BCUT2D eigenvalue weighted by molar-refractivity contribution is -0.120. The van der Waals surface area contributed by atoms with Crippen LogP contribution in [0, 0.1) is 0 Å². The Morgan fingerprint density at radius 3 is 2.46 bits per heavy atom. The Kier molecular flexibility index (Phi) is 5.08. The topological polar surface area (TPSA) is 48.3 Å². The van der Waals surface area contributed by atoms with Gasteiger partial charge in [0, 0.05) is 6.42 Å². The Bertz CT molecular complexity index is 1180. The Morgan fingerprint density at radius 2 is 1.68 bits per heavy atom. The first kappa shape index (κ1) is 18.2. The number of nitrogens with zero attached hydrogens (tertiary/aromatic N) is 1. The van der Waals surface area contributed by atoms with Crippen LogP contribution >= 0.6 is 11.5 Å². The highest BCUT2D eigenvalue weighted by molar-refractivity contribution is 7.14. The maximum absolute atomic E-state index is 12.8. The molecule has 4 rings (SSSR count). The Balaban J connectivity index is 1.52. The molecule has 3 aromatic carbocycles. The number of hydrogen-bond acceptors (Lipinski definition) is 4. The number of Topliss-reactive ketones (excluding diaryl/α,β-unsaturated/α-hetero) is 1. The molecule has 0 aliphatic carbocycles. The van der Waals surface area contributed by atoms with Gasteiger partial charge < -0.3 is 4.74 Å². The van der Waals surface area contributed by atoms with Crippen LogP contribution in [0.1, 0.15) is 18.5 Å². The summed E-state index contributed by atoms with van der Waals surface area (Å²) in [5.74, 6) is 1.42. The van der Waals surface area contributed by atoms with Crippen LogP contribution in [0.15, 0.2) is 83.7 Å². The van der Waals surface area contributed by atoms with Gasteiger partial charge in [-0.1, -0.05) is 54.0 Å². The van der Waals surface area contributed by atoms with Gasteiger partial charge in [0.1, 0.15) is 17.5 Å². The molecule has 1 aromatic heterocycles. The predicted molar refractivity (Wildman–Crippen MR) is 112 cm³/mol. The van der Waals surface area contributed by atoms with Gasteiger partial charge in [-0.3, -0.25) is 13.5 Å². The molecule has 140 valence electrons. The van der Waals surface area contributed by atoms with E-state index in [1.165, 1.54) is 11.5 Å². The number of fused-ring (bicyclic) bond motifs is 1. The number of rotatable bonds is 6. The zero-order valence-electron chi connectivity index (χ0n) is 15.4. The summed E-state index contributed by atoms with van der Waals surface area (Å²) in [6.45, 7) is 1.78. The highest BCUT2D eigenvalue weighted by Gasteiger charge is 2.20. The van der Waals surface area contributed by atoms with Crippen molar-refractivity contribution in [2.45, 2.75) is 19.4 Å². The zero-order valence-corrected chi connectivity index (χ0v) is 16.2. The number of para-hydroxylation sites is 1. The summed E-state index contributed by atoms with van der Waals surface area (Å²) < 4.78 is 8.30. The minimum atomic E-state index is -0.511. The fourth-order valence-corrected chi connectivity index (χ4v) is 4.13. The molecule has 0 aliphatic heterocycles. The number of carbonyl (C=O) groups is 1. The highest BCUT2D eigenvalue weighted by atomic mass is 32.1. The smallest absolute Gasteiger partial charge is 0.269 e. The standard InChI is InChI=1S/C23H19NO3S/c1-16(24-23(26)20-12-5-6-13-22(20)28-24)21(25)15-17-8-7-11-19(14-17)27-18-9-3-2-4-10-18/h2-14,16H,15H2,1H3. The molecule has 5 heteroatoms. The molecular formula is C23H19NO3S. The van der Waals surface area contributed by atoms with Gasteiger partial charge >= 0.3 is 0 Å². The summed E-state index contributed by atoms with van der Waals surface area (Å²) in [7, 11) is 0. The van der Waals surface area contributed by atoms with Crippen molar-refractivity contribution < 1.29 is 9.53 Å². The molecule has 0 radical (unpaired) electrons. The van der Waals surface area contributed by atoms with E-state index >= 15 is 0 Å². The van der Waals surface area contributed by atoms with E-state index in [9.17, 15) is 9.59 Å². The van der Waals surface area contributed by atoms with Crippen LogP contribution in [-0.2, 0) is 11.2 Å². The molecule has 0 saturated carbocycles. The quantitative estimate of drug-likeness (QED) is 0.454. The van der Waals surface area contributed by atoms with Crippen molar-refractivity contribution in [2.24, 2.45) is 0 Å². The summed E-state index contributed by atoms with van der Waals surface area (Å²) in [5, 5.41) is 0.658. The number of ketones is 1. The second kappa shape index (κ2) is 7.82. The molecule has 0 fully saturated rings. The lowest BCUT2D eigenvalue weighted by Gasteiger charge is -2.11. The summed E-state index contributed by atoms with van der Waals surface area (Å²) >= 11 is 1.33. The van der Waals surface area contributed by atoms with Crippen LogP contribution in [0.2, 0.25) is 0 Å². The van der Waals surface area contributed by atoms with Gasteiger partial charge in [-0.25, -0.2) is 0 Å². The number of benzene rings is 3. The molecule has 0 N–H and O–H groups in total. The van der Waals surface area contributed by atoms with Crippen molar-refractivity contribution in [3.8, 4) is 11.5 Å². The third kappa shape index (κ3) is 3.75. The number of aromatic nitrogens is 1. The fraction of sp³-hybridized carbons (Fsp3) is 0.130. The van der Waals surface area contributed by atoms with Gasteiger partial charge in [0.15, 0.2) is 5.78 Å². The van der Waals surface area contributed by atoms with Gasteiger partial charge in [0.05, 0.1) is 10.1 Å². The molecule has 0 amide bonds. The first-order valence-corrected chi connectivity index (χ1v) is 9.84. The Labute approximate surface area is 166 Å². The lowest BCUT2D eigenvalue weighted by Crippen LogP contribution is -2.24. The van der Waals surface area contributed by atoms with Crippen LogP contribution < -0.4 is 10.3 Å². The van der Waals surface area contributed by atoms with Crippen LogP contribution in [0.4, 0.5) is 0 Å². The Hall–Kier alpha value is -3.18. The third-order valence-corrected chi connectivity index (χ3v) is 5.82. The van der Waals surface area contributed by atoms with E-state index < -0.39 is 6.04 Å². The van der Waals surface area contributed by atoms with Crippen LogP contribution in [0.25, 0.3) is 10.1 Å². The predicted octanol–water partition coefficient (Wildman–Crippen LogP) is 5.23. The molecule has 28 heavy (non-hydrogen) atoms. The zero-order chi connectivity index (χ0) is 19.5. The van der Waals surface area contributed by atoms with Crippen molar-refractivity contribution in [3.05, 3.63) is 94.8 Å². The second-order valence-electron chi connectivity index (χ2n) is 6.60. The van der Waals surface area contributed by atoms with Crippen LogP contribution in [0.5, 0.6) is 11.5 Å². The van der Waals surface area contributed by atoms with Gasteiger partial charge in [0.25, 0.3) is 5.56 Å². The van der Waals surface area contributed by atoms with Crippen molar-refractivity contribution in [3.63, 3.8) is 0 Å². The molecule has 1 atom stereocenters. The van der Waals surface area contributed by atoms with E-state index in [1.54, 1.807) is 16.9 Å². The number of carbonyl (C=O) groups excluding carboxylic acids is 1. The van der Waals surface area contributed by atoms with Crippen LogP contribution in [0.3, 0.4) is 0 Å². The molecule has 0 bridgehead atoms. The van der Waals surface area contributed by atoms with E-state index in [-0.39, 0.29) is 17.8 Å². The van der Waals surface area contributed by atoms with E-state index in [4.69, 9.17) is 4.74 Å². The summed E-state index contributed by atoms with van der Waals surface area (Å²) in [4.78, 5) is 25.4. The van der Waals surface area contributed by atoms with E-state index in [1.807, 2.05) is 72.8 Å². The van der Waals surface area contributed by atoms with Crippen molar-refractivity contribution >= 4 is 27.4 Å². The van der Waals surface area contributed by atoms with Crippen LogP contribution in [-0.4, -0.2) is 9.74 Å². The summed E-state index contributed by atoms with van der Waals surface area (Å²) in [5.41, 5.74) is 0.752. The SMILES string of the molecule is CC(C(=O)Cc1cccc(Oc2ccccc2)c1)n1sc2ccccc2c1=O. The summed E-state index contributed by atoms with van der Waals surface area (Å²) in [6.07, 6.45) is 0.244. The minimum absolute atomic E-state index is 0.00878. The van der Waals surface area contributed by atoms with Crippen molar-refractivity contribution in [2.75, 3.05) is 0 Å². The molecule has 4 nitrogen and oxygen atoms in total. The van der Waals surface area contributed by atoms with Crippen molar-refractivity contribution in [1.82, 2.24) is 3.96 Å². The molecule has 1 heterocycles.